The maximum absolute atomic E-state index is 13.9. The first-order valence-electron chi connectivity index (χ1n) is 10.3. The molecule has 4 rings (SSSR count). The Morgan fingerprint density at radius 1 is 1.06 bits per heavy atom. The quantitative estimate of drug-likeness (QED) is 0.536. The zero-order valence-electron chi connectivity index (χ0n) is 17.6. The Morgan fingerprint density at radius 2 is 1.75 bits per heavy atom. The van der Waals surface area contributed by atoms with Crippen LogP contribution in [0.1, 0.15) is 23.0 Å². The lowest BCUT2D eigenvalue weighted by Crippen LogP contribution is -2.36. The van der Waals surface area contributed by atoms with Gasteiger partial charge in [-0.2, -0.15) is 0 Å². The van der Waals surface area contributed by atoms with Gasteiger partial charge in [0.25, 0.3) is 0 Å². The van der Waals surface area contributed by atoms with E-state index in [1.54, 1.807) is 6.07 Å². The molecule has 0 saturated carbocycles. The van der Waals surface area contributed by atoms with Crippen LogP contribution in [-0.4, -0.2) is 42.3 Å². The molecule has 0 aliphatic carbocycles. The van der Waals surface area contributed by atoms with Gasteiger partial charge in [0, 0.05) is 49.6 Å². The van der Waals surface area contributed by atoms with Crippen molar-refractivity contribution in [2.45, 2.75) is 13.5 Å². The zero-order valence-corrected chi connectivity index (χ0v) is 17.6. The maximum atomic E-state index is 13.9. The lowest BCUT2D eigenvalue weighted by molar-refractivity contribution is 0.101. The highest BCUT2D eigenvalue weighted by Gasteiger charge is 2.15. The molecule has 1 aliphatic rings. The van der Waals surface area contributed by atoms with Crippen LogP contribution in [0.25, 0.3) is 0 Å². The van der Waals surface area contributed by atoms with Crippen molar-refractivity contribution >= 4 is 28.7 Å². The molecule has 32 heavy (non-hydrogen) atoms. The fourth-order valence-electron chi connectivity index (χ4n) is 3.46. The second-order valence-corrected chi connectivity index (χ2v) is 7.37. The molecule has 3 aromatic rings. The second kappa shape index (κ2) is 9.69. The third-order valence-electron chi connectivity index (χ3n) is 5.16. The summed E-state index contributed by atoms with van der Waals surface area (Å²) in [4.78, 5) is 14.2. The number of benzene rings is 2. The molecular formula is C23H23F2N5O2. The van der Waals surface area contributed by atoms with Crippen molar-refractivity contribution in [1.29, 1.82) is 0 Å². The Morgan fingerprint density at radius 3 is 2.41 bits per heavy atom. The summed E-state index contributed by atoms with van der Waals surface area (Å²) in [6.45, 7) is 4.34. The lowest BCUT2D eigenvalue weighted by Gasteiger charge is -2.28. The normalized spacial score (nSPS) is 13.7. The van der Waals surface area contributed by atoms with Crippen LogP contribution in [0.15, 0.2) is 48.5 Å². The van der Waals surface area contributed by atoms with Gasteiger partial charge < -0.3 is 20.3 Å². The molecule has 7 nitrogen and oxygen atoms in total. The summed E-state index contributed by atoms with van der Waals surface area (Å²) in [5.41, 5.74) is 2.20. The summed E-state index contributed by atoms with van der Waals surface area (Å²) in [6.07, 6.45) is 0. The number of hydrogen-bond acceptors (Lipinski definition) is 7. The highest BCUT2D eigenvalue weighted by molar-refractivity contribution is 5.97. The molecule has 166 valence electrons. The number of ketones is 1. The predicted octanol–water partition coefficient (Wildman–Crippen LogP) is 4.15. The highest BCUT2D eigenvalue weighted by atomic mass is 19.1. The Balaban J connectivity index is 1.50. The molecule has 9 heteroatoms. The first-order valence-corrected chi connectivity index (χ1v) is 10.3. The first kappa shape index (κ1) is 21.6. The van der Waals surface area contributed by atoms with E-state index in [9.17, 15) is 13.6 Å². The second-order valence-electron chi connectivity index (χ2n) is 7.37. The van der Waals surface area contributed by atoms with Gasteiger partial charge in [-0.05, 0) is 36.4 Å². The maximum Gasteiger partial charge on any atom is 0.182 e. The smallest absolute Gasteiger partial charge is 0.182 e. The SMILES string of the molecule is CC(=O)c1nnc(Nc2ccc(N3CCOCC3)cc2)cc1NCc1c(F)cccc1F. The Hall–Kier alpha value is -3.59. The summed E-state index contributed by atoms with van der Waals surface area (Å²) < 4.78 is 33.3. The molecule has 0 radical (unpaired) electrons. The van der Waals surface area contributed by atoms with E-state index in [0.717, 1.165) is 24.5 Å². The molecule has 0 amide bonds. The van der Waals surface area contributed by atoms with Crippen molar-refractivity contribution in [2.75, 3.05) is 41.8 Å². The van der Waals surface area contributed by atoms with Crippen LogP contribution in [0.2, 0.25) is 0 Å². The monoisotopic (exact) mass is 439 g/mol. The number of aromatic nitrogens is 2. The van der Waals surface area contributed by atoms with Gasteiger partial charge in [-0.25, -0.2) is 8.78 Å². The van der Waals surface area contributed by atoms with Crippen LogP contribution in [-0.2, 0) is 11.3 Å². The Kier molecular flexibility index (Phi) is 6.55. The van der Waals surface area contributed by atoms with Gasteiger partial charge >= 0.3 is 0 Å². The molecule has 2 heterocycles. The van der Waals surface area contributed by atoms with Crippen LogP contribution in [0.4, 0.5) is 31.7 Å². The van der Waals surface area contributed by atoms with E-state index in [0.29, 0.717) is 24.7 Å². The van der Waals surface area contributed by atoms with Crippen LogP contribution in [0.5, 0.6) is 0 Å². The fraction of sp³-hybridized carbons (Fsp3) is 0.261. The molecule has 2 aromatic carbocycles. The Bertz CT molecular complexity index is 1080. The van der Waals surface area contributed by atoms with Gasteiger partial charge in [0.2, 0.25) is 0 Å². The molecule has 0 spiro atoms. The van der Waals surface area contributed by atoms with Crippen molar-refractivity contribution in [3.63, 3.8) is 0 Å². The number of carbonyl (C=O) groups is 1. The van der Waals surface area contributed by atoms with E-state index >= 15 is 0 Å². The number of anilines is 4. The molecule has 0 bridgehead atoms. The first-order chi connectivity index (χ1) is 15.5. The number of nitrogens with one attached hydrogen (secondary N) is 2. The molecule has 0 unspecified atom stereocenters. The number of carbonyl (C=O) groups excluding carboxylic acids is 1. The van der Waals surface area contributed by atoms with Gasteiger partial charge in [-0.15, -0.1) is 10.2 Å². The van der Waals surface area contributed by atoms with Gasteiger partial charge in [-0.1, -0.05) is 6.07 Å². The van der Waals surface area contributed by atoms with Crippen LogP contribution in [0.3, 0.4) is 0 Å². The zero-order chi connectivity index (χ0) is 22.5. The predicted molar refractivity (Wildman–Crippen MR) is 118 cm³/mol. The summed E-state index contributed by atoms with van der Waals surface area (Å²) in [6, 6.07) is 13.1. The van der Waals surface area contributed by atoms with E-state index in [1.807, 2.05) is 24.3 Å². The number of rotatable bonds is 7. The van der Waals surface area contributed by atoms with Crippen LogP contribution in [0, 0.1) is 11.6 Å². The third kappa shape index (κ3) is 5.00. The van der Waals surface area contributed by atoms with Crippen molar-refractivity contribution in [2.24, 2.45) is 0 Å². The van der Waals surface area contributed by atoms with E-state index < -0.39 is 11.6 Å². The van der Waals surface area contributed by atoms with Crippen molar-refractivity contribution in [1.82, 2.24) is 10.2 Å². The minimum atomic E-state index is -0.664. The fourth-order valence-corrected chi connectivity index (χ4v) is 3.46. The van der Waals surface area contributed by atoms with Gasteiger partial charge in [-0.3, -0.25) is 4.79 Å². The minimum absolute atomic E-state index is 0.0926. The minimum Gasteiger partial charge on any atom is -0.379 e. The van der Waals surface area contributed by atoms with E-state index in [1.165, 1.54) is 25.1 Å². The highest BCUT2D eigenvalue weighted by Crippen LogP contribution is 2.24. The van der Waals surface area contributed by atoms with Crippen molar-refractivity contribution in [3.05, 3.63) is 71.4 Å². The van der Waals surface area contributed by atoms with E-state index in [-0.39, 0.29) is 23.6 Å². The summed E-state index contributed by atoms with van der Waals surface area (Å²) >= 11 is 0. The molecule has 2 N–H and O–H groups in total. The molecule has 1 aromatic heterocycles. The van der Waals surface area contributed by atoms with Gasteiger partial charge in [0.05, 0.1) is 18.9 Å². The molecule has 1 fully saturated rings. The summed E-state index contributed by atoms with van der Waals surface area (Å²) in [5.74, 6) is -1.24. The van der Waals surface area contributed by atoms with E-state index in [2.05, 4.69) is 25.7 Å². The standard InChI is InChI=1S/C23H23F2N5O2/c1-15(31)23-21(26-14-18-19(24)3-2-4-20(18)25)13-22(28-29-23)27-16-5-7-17(8-6-16)30-9-11-32-12-10-30/h2-8,13H,9-12,14H2,1H3,(H2,26,27,28). The van der Waals surface area contributed by atoms with Crippen LogP contribution < -0.4 is 15.5 Å². The van der Waals surface area contributed by atoms with E-state index in [4.69, 9.17) is 4.74 Å². The van der Waals surface area contributed by atoms with Gasteiger partial charge in [0.15, 0.2) is 17.3 Å². The average molecular weight is 439 g/mol. The molecular weight excluding hydrogens is 416 g/mol. The van der Waals surface area contributed by atoms with Crippen LogP contribution >= 0.6 is 0 Å². The third-order valence-corrected chi connectivity index (χ3v) is 5.16. The number of Topliss-reactive ketones (excluding diaryl/α,β-unsaturated/α-hetero) is 1. The summed E-state index contributed by atoms with van der Waals surface area (Å²) in [5, 5.41) is 14.1. The van der Waals surface area contributed by atoms with Crippen molar-refractivity contribution in [3.8, 4) is 0 Å². The Labute approximate surface area is 184 Å². The number of nitrogens with zero attached hydrogens (tertiary/aromatic N) is 3. The summed E-state index contributed by atoms with van der Waals surface area (Å²) in [7, 11) is 0. The van der Waals surface area contributed by atoms with Crippen molar-refractivity contribution < 1.29 is 18.3 Å². The topological polar surface area (TPSA) is 79.4 Å². The molecule has 0 atom stereocenters. The lowest BCUT2D eigenvalue weighted by atomic mass is 10.1. The number of hydrogen-bond donors (Lipinski definition) is 2. The number of halogens is 2. The van der Waals surface area contributed by atoms with Gasteiger partial charge in [0.1, 0.15) is 11.6 Å². The average Bonchev–Trinajstić information content (AvgIpc) is 2.80. The number of ether oxygens (including phenoxy) is 1. The molecule has 1 aliphatic heterocycles. The largest absolute Gasteiger partial charge is 0.379 e. The number of morpholine rings is 1. The molecule has 1 saturated heterocycles.